The molecule has 2 nitrogen and oxygen atoms in total. The van der Waals surface area contributed by atoms with Gasteiger partial charge in [-0.05, 0) is 34.3 Å². The molecule has 0 aliphatic carbocycles. The molecule has 0 radical (unpaired) electrons. The maximum absolute atomic E-state index is 5.59. The van der Waals surface area contributed by atoms with Crippen LogP contribution in [-0.2, 0) is 0 Å². The molecular formula is C10H17BrN2S. The molecule has 2 unspecified atom stereocenters. The molecule has 4 heteroatoms. The molecule has 2 atom stereocenters. The first kappa shape index (κ1) is 12.2. The lowest BCUT2D eigenvalue weighted by Crippen LogP contribution is -2.31. The highest BCUT2D eigenvalue weighted by Crippen LogP contribution is 2.31. The van der Waals surface area contributed by atoms with E-state index in [1.807, 2.05) is 0 Å². The molecule has 0 aliphatic heterocycles. The minimum Gasteiger partial charge on any atom is -0.271 e. The number of hydrogen-bond donors (Lipinski definition) is 2. The molecule has 0 fully saturated rings. The van der Waals surface area contributed by atoms with E-state index in [0.717, 1.165) is 4.47 Å². The van der Waals surface area contributed by atoms with Gasteiger partial charge in [0.2, 0.25) is 0 Å². The quantitative estimate of drug-likeness (QED) is 0.639. The van der Waals surface area contributed by atoms with Gasteiger partial charge in [0.15, 0.2) is 0 Å². The third-order valence-electron chi connectivity index (χ3n) is 2.39. The summed E-state index contributed by atoms with van der Waals surface area (Å²) in [6.45, 7) is 4.44. The van der Waals surface area contributed by atoms with Crippen molar-refractivity contribution in [2.75, 3.05) is 0 Å². The Bertz CT molecular complexity index is 275. The van der Waals surface area contributed by atoms with Crippen LogP contribution in [0.4, 0.5) is 0 Å². The second kappa shape index (κ2) is 5.85. The molecule has 80 valence electrons. The van der Waals surface area contributed by atoms with E-state index in [9.17, 15) is 0 Å². The largest absolute Gasteiger partial charge is 0.271 e. The lowest BCUT2D eigenvalue weighted by Gasteiger charge is -2.21. The van der Waals surface area contributed by atoms with Gasteiger partial charge in [0.05, 0.1) is 6.04 Å². The fraction of sp³-hybridized carbons (Fsp3) is 0.600. The Balaban J connectivity index is 2.71. The van der Waals surface area contributed by atoms with Gasteiger partial charge in [0, 0.05) is 14.7 Å². The summed E-state index contributed by atoms with van der Waals surface area (Å²) in [5.41, 5.74) is 2.91. The van der Waals surface area contributed by atoms with Crippen molar-refractivity contribution >= 4 is 27.3 Å². The van der Waals surface area contributed by atoms with Gasteiger partial charge in [0.1, 0.15) is 0 Å². The van der Waals surface area contributed by atoms with Crippen LogP contribution in [0.3, 0.4) is 0 Å². The van der Waals surface area contributed by atoms with Gasteiger partial charge in [-0.25, -0.2) is 0 Å². The zero-order valence-electron chi connectivity index (χ0n) is 8.59. The molecule has 0 aliphatic rings. The van der Waals surface area contributed by atoms with E-state index in [1.165, 1.54) is 17.7 Å². The van der Waals surface area contributed by atoms with Gasteiger partial charge >= 0.3 is 0 Å². The van der Waals surface area contributed by atoms with Crippen molar-refractivity contribution in [3.05, 3.63) is 20.8 Å². The number of nitrogens with one attached hydrogen (secondary N) is 1. The summed E-state index contributed by atoms with van der Waals surface area (Å²) < 4.78 is 1.14. The van der Waals surface area contributed by atoms with Gasteiger partial charge in [-0.15, -0.1) is 11.3 Å². The Morgan fingerprint density at radius 3 is 2.79 bits per heavy atom. The highest BCUT2D eigenvalue weighted by molar-refractivity contribution is 9.10. The van der Waals surface area contributed by atoms with E-state index in [4.69, 9.17) is 5.84 Å². The van der Waals surface area contributed by atoms with Crippen LogP contribution in [0.5, 0.6) is 0 Å². The van der Waals surface area contributed by atoms with Gasteiger partial charge in [-0.1, -0.05) is 20.3 Å². The maximum atomic E-state index is 5.59. The summed E-state index contributed by atoms with van der Waals surface area (Å²) in [7, 11) is 0. The Hall–Kier alpha value is 0.1000. The van der Waals surface area contributed by atoms with Crippen molar-refractivity contribution in [2.24, 2.45) is 11.8 Å². The molecule has 0 amide bonds. The average molecular weight is 277 g/mol. The SMILES string of the molecule is CCCC(C)C(NN)c1cc(Br)cs1. The molecule has 1 rings (SSSR count). The second-order valence-corrected chi connectivity index (χ2v) is 5.44. The van der Waals surface area contributed by atoms with Crippen LogP contribution in [0.25, 0.3) is 0 Å². The highest BCUT2D eigenvalue weighted by atomic mass is 79.9. The van der Waals surface area contributed by atoms with Crippen LogP contribution in [-0.4, -0.2) is 0 Å². The third-order valence-corrected chi connectivity index (χ3v) is 4.16. The molecule has 0 saturated carbocycles. The van der Waals surface area contributed by atoms with Crippen molar-refractivity contribution in [1.82, 2.24) is 5.43 Å². The van der Waals surface area contributed by atoms with Crippen molar-refractivity contribution in [3.63, 3.8) is 0 Å². The molecule has 14 heavy (non-hydrogen) atoms. The van der Waals surface area contributed by atoms with E-state index in [1.54, 1.807) is 11.3 Å². The molecule has 1 aromatic rings. The van der Waals surface area contributed by atoms with Crippen LogP contribution in [0, 0.1) is 5.92 Å². The Labute approximate surface area is 98.0 Å². The second-order valence-electron chi connectivity index (χ2n) is 3.58. The normalized spacial score (nSPS) is 15.4. The van der Waals surface area contributed by atoms with Crippen LogP contribution < -0.4 is 11.3 Å². The van der Waals surface area contributed by atoms with Crippen molar-refractivity contribution in [1.29, 1.82) is 0 Å². The predicted molar refractivity (Wildman–Crippen MR) is 66.2 cm³/mol. The first-order chi connectivity index (χ1) is 6.69. The van der Waals surface area contributed by atoms with E-state index < -0.39 is 0 Å². The molecule has 1 heterocycles. The lowest BCUT2D eigenvalue weighted by atomic mass is 9.96. The summed E-state index contributed by atoms with van der Waals surface area (Å²) in [6.07, 6.45) is 2.40. The Morgan fingerprint density at radius 1 is 1.64 bits per heavy atom. The van der Waals surface area contributed by atoms with Crippen LogP contribution in [0.2, 0.25) is 0 Å². The molecule has 3 N–H and O–H groups in total. The maximum Gasteiger partial charge on any atom is 0.0579 e. The van der Waals surface area contributed by atoms with Crippen molar-refractivity contribution < 1.29 is 0 Å². The fourth-order valence-electron chi connectivity index (χ4n) is 1.64. The third kappa shape index (κ3) is 3.05. The van der Waals surface area contributed by atoms with Gasteiger partial charge in [-0.3, -0.25) is 11.3 Å². The first-order valence-corrected chi connectivity index (χ1v) is 6.56. The van der Waals surface area contributed by atoms with Crippen LogP contribution in [0.15, 0.2) is 15.9 Å². The van der Waals surface area contributed by atoms with Gasteiger partial charge in [0.25, 0.3) is 0 Å². The number of hydrazine groups is 1. The number of thiophene rings is 1. The molecular weight excluding hydrogens is 260 g/mol. The minimum atomic E-state index is 0.284. The molecule has 0 bridgehead atoms. The number of hydrogen-bond acceptors (Lipinski definition) is 3. The van der Waals surface area contributed by atoms with E-state index in [-0.39, 0.29) is 6.04 Å². The summed E-state index contributed by atoms with van der Waals surface area (Å²) in [6, 6.07) is 2.42. The number of nitrogens with two attached hydrogens (primary N) is 1. The Kier molecular flexibility index (Phi) is 5.09. The monoisotopic (exact) mass is 276 g/mol. The summed E-state index contributed by atoms with van der Waals surface area (Å²) in [5.74, 6) is 6.17. The topological polar surface area (TPSA) is 38.0 Å². The van der Waals surface area contributed by atoms with E-state index in [0.29, 0.717) is 5.92 Å². The number of rotatable bonds is 5. The minimum absolute atomic E-state index is 0.284. The summed E-state index contributed by atoms with van der Waals surface area (Å²) >= 11 is 5.21. The Morgan fingerprint density at radius 2 is 2.36 bits per heavy atom. The highest BCUT2D eigenvalue weighted by Gasteiger charge is 2.18. The molecule has 0 aromatic carbocycles. The number of halogens is 1. The molecule has 0 saturated heterocycles. The predicted octanol–water partition coefficient (Wildman–Crippen LogP) is 3.45. The van der Waals surface area contributed by atoms with E-state index >= 15 is 0 Å². The molecule has 0 spiro atoms. The lowest BCUT2D eigenvalue weighted by molar-refractivity contribution is 0.373. The van der Waals surface area contributed by atoms with Crippen LogP contribution in [0.1, 0.15) is 37.6 Å². The van der Waals surface area contributed by atoms with Gasteiger partial charge < -0.3 is 0 Å². The van der Waals surface area contributed by atoms with Crippen molar-refractivity contribution in [2.45, 2.75) is 32.7 Å². The smallest absolute Gasteiger partial charge is 0.0579 e. The first-order valence-electron chi connectivity index (χ1n) is 4.89. The van der Waals surface area contributed by atoms with E-state index in [2.05, 4.69) is 46.6 Å². The van der Waals surface area contributed by atoms with Crippen molar-refractivity contribution in [3.8, 4) is 0 Å². The zero-order chi connectivity index (χ0) is 10.6. The fourth-order valence-corrected chi connectivity index (χ4v) is 3.28. The summed E-state index contributed by atoms with van der Waals surface area (Å²) in [4.78, 5) is 1.31. The zero-order valence-corrected chi connectivity index (χ0v) is 11.0. The molecule has 1 aromatic heterocycles. The summed E-state index contributed by atoms with van der Waals surface area (Å²) in [5, 5.41) is 2.10. The van der Waals surface area contributed by atoms with Crippen LogP contribution >= 0.6 is 27.3 Å². The average Bonchev–Trinajstić information content (AvgIpc) is 2.54. The standard InChI is InChI=1S/C10H17BrN2S/c1-3-4-7(2)10(13-12)9-5-8(11)6-14-9/h5-7,10,13H,3-4,12H2,1-2H3. The van der Waals surface area contributed by atoms with Gasteiger partial charge in [-0.2, -0.15) is 0 Å².